The maximum atomic E-state index is 13.4. The third kappa shape index (κ3) is 4.43. The average Bonchev–Trinajstić information content (AvgIpc) is 3.10. The molecule has 0 aliphatic carbocycles. The molecular weight excluding hydrogens is 407 g/mol. The molecule has 0 unspecified atom stereocenters. The van der Waals surface area contributed by atoms with Gasteiger partial charge in [0.15, 0.2) is 0 Å². The summed E-state index contributed by atoms with van der Waals surface area (Å²) in [7, 11) is 0. The fourth-order valence-electron chi connectivity index (χ4n) is 4.71. The lowest BCUT2D eigenvalue weighted by Crippen LogP contribution is -2.43. The van der Waals surface area contributed by atoms with Crippen LogP contribution in [0.2, 0.25) is 0 Å². The quantitative estimate of drug-likeness (QED) is 0.595. The van der Waals surface area contributed by atoms with E-state index in [2.05, 4.69) is 9.88 Å². The first-order valence-corrected chi connectivity index (χ1v) is 10.7. The number of piperidine rings is 1. The molecule has 2 fully saturated rings. The number of ether oxygens (including phenoxy) is 1. The number of hydrogen-bond donors (Lipinski definition) is 0. The lowest BCUT2D eigenvalue weighted by Gasteiger charge is -2.40. The van der Waals surface area contributed by atoms with Gasteiger partial charge in [-0.1, -0.05) is 12.1 Å². The van der Waals surface area contributed by atoms with Crippen LogP contribution in [0.4, 0.5) is 23.7 Å². The van der Waals surface area contributed by atoms with Crippen molar-refractivity contribution in [1.29, 1.82) is 0 Å². The monoisotopic (exact) mass is 435 g/mol. The molecule has 168 valence electrons. The molecule has 3 heterocycles. The first-order chi connectivity index (χ1) is 14.5. The van der Waals surface area contributed by atoms with Crippen LogP contribution in [0.15, 0.2) is 30.5 Å². The van der Waals surface area contributed by atoms with Crippen LogP contribution in [-0.4, -0.2) is 47.8 Å². The molecule has 2 aromatic rings. The number of para-hydroxylation sites is 1. The van der Waals surface area contributed by atoms with Gasteiger partial charge < -0.3 is 14.5 Å². The highest BCUT2D eigenvalue weighted by molar-refractivity contribution is 5.93. The number of rotatable bonds is 1. The van der Waals surface area contributed by atoms with Crippen LogP contribution in [0.5, 0.6) is 0 Å². The van der Waals surface area contributed by atoms with E-state index >= 15 is 0 Å². The molecule has 2 aliphatic rings. The molecule has 0 atom stereocenters. The molecule has 2 saturated heterocycles. The van der Waals surface area contributed by atoms with Crippen LogP contribution in [-0.2, 0) is 10.9 Å². The summed E-state index contributed by atoms with van der Waals surface area (Å²) < 4.78 is 45.7. The van der Waals surface area contributed by atoms with Crippen molar-refractivity contribution >= 4 is 22.7 Å². The first kappa shape index (κ1) is 21.7. The SMILES string of the molecule is CC(C)(C)OC(=O)N1CCC2(CCN(c3ccnc4c(C(F)(F)F)cccc34)CC2)C1. The van der Waals surface area contributed by atoms with E-state index in [0.29, 0.717) is 18.5 Å². The van der Waals surface area contributed by atoms with Crippen LogP contribution in [0.25, 0.3) is 10.9 Å². The van der Waals surface area contributed by atoms with Crippen LogP contribution >= 0.6 is 0 Å². The Morgan fingerprint density at radius 2 is 1.74 bits per heavy atom. The van der Waals surface area contributed by atoms with Crippen molar-refractivity contribution in [2.24, 2.45) is 5.41 Å². The minimum Gasteiger partial charge on any atom is -0.444 e. The molecule has 1 spiro atoms. The maximum Gasteiger partial charge on any atom is 0.418 e. The third-order valence-electron chi connectivity index (χ3n) is 6.31. The molecule has 1 aromatic carbocycles. The summed E-state index contributed by atoms with van der Waals surface area (Å²) in [6.45, 7) is 8.40. The summed E-state index contributed by atoms with van der Waals surface area (Å²) in [6, 6.07) is 6.02. The summed E-state index contributed by atoms with van der Waals surface area (Å²) in [5, 5.41) is 0.523. The molecule has 31 heavy (non-hydrogen) atoms. The topological polar surface area (TPSA) is 45.7 Å². The Morgan fingerprint density at radius 1 is 1.06 bits per heavy atom. The number of likely N-dealkylation sites (tertiary alicyclic amines) is 1. The molecule has 0 bridgehead atoms. The van der Waals surface area contributed by atoms with Crippen molar-refractivity contribution in [2.75, 3.05) is 31.1 Å². The molecule has 5 nitrogen and oxygen atoms in total. The van der Waals surface area contributed by atoms with Gasteiger partial charge in [-0.25, -0.2) is 4.79 Å². The molecule has 0 saturated carbocycles. The van der Waals surface area contributed by atoms with Crippen LogP contribution < -0.4 is 4.90 Å². The maximum absolute atomic E-state index is 13.4. The number of carbonyl (C=O) groups excluding carboxylic acids is 1. The van der Waals surface area contributed by atoms with E-state index in [1.165, 1.54) is 12.3 Å². The van der Waals surface area contributed by atoms with Crippen molar-refractivity contribution in [2.45, 2.75) is 51.8 Å². The summed E-state index contributed by atoms with van der Waals surface area (Å²) in [5.74, 6) is 0. The number of nitrogens with zero attached hydrogens (tertiary/aromatic N) is 3. The minimum atomic E-state index is -4.44. The molecule has 0 radical (unpaired) electrons. The zero-order valence-electron chi connectivity index (χ0n) is 18.1. The highest BCUT2D eigenvalue weighted by atomic mass is 19.4. The molecular formula is C23H28F3N3O2. The highest BCUT2D eigenvalue weighted by Gasteiger charge is 2.43. The van der Waals surface area contributed by atoms with Crippen LogP contribution in [0.3, 0.4) is 0 Å². The van der Waals surface area contributed by atoms with Gasteiger partial charge in [0.25, 0.3) is 0 Å². The smallest absolute Gasteiger partial charge is 0.418 e. The van der Waals surface area contributed by atoms with Gasteiger partial charge in [-0.05, 0) is 57.6 Å². The Balaban J connectivity index is 1.49. The zero-order chi connectivity index (χ0) is 22.4. The summed E-state index contributed by atoms with van der Waals surface area (Å²) in [5.41, 5.74) is -0.400. The van der Waals surface area contributed by atoms with Crippen molar-refractivity contribution in [3.8, 4) is 0 Å². The molecule has 1 amide bonds. The standard InChI is InChI=1S/C23H28F3N3O2/c1-21(2,3)31-20(30)29-14-10-22(15-29)8-12-28(13-9-22)18-7-11-27-19-16(18)5-4-6-17(19)23(24,25)26/h4-7,11H,8-10,12-15H2,1-3H3. The van der Waals surface area contributed by atoms with Gasteiger partial charge in [0, 0.05) is 43.4 Å². The molecule has 0 N–H and O–H groups in total. The third-order valence-corrected chi connectivity index (χ3v) is 6.31. The molecule has 8 heteroatoms. The van der Waals surface area contributed by atoms with E-state index in [1.54, 1.807) is 17.0 Å². The van der Waals surface area contributed by atoms with Gasteiger partial charge in [-0.15, -0.1) is 0 Å². The predicted octanol–water partition coefficient (Wildman–Crippen LogP) is 5.48. The van der Waals surface area contributed by atoms with E-state index in [4.69, 9.17) is 4.74 Å². The Bertz CT molecular complexity index is 976. The van der Waals surface area contributed by atoms with E-state index in [1.807, 2.05) is 20.8 Å². The van der Waals surface area contributed by atoms with Crippen molar-refractivity contribution in [3.05, 3.63) is 36.0 Å². The summed E-state index contributed by atoms with van der Waals surface area (Å²) in [4.78, 5) is 20.4. The van der Waals surface area contributed by atoms with Crippen molar-refractivity contribution in [1.82, 2.24) is 9.88 Å². The number of anilines is 1. The minimum absolute atomic E-state index is 0.00949. The lowest BCUT2D eigenvalue weighted by molar-refractivity contribution is -0.136. The van der Waals surface area contributed by atoms with E-state index in [0.717, 1.165) is 44.1 Å². The van der Waals surface area contributed by atoms with E-state index in [-0.39, 0.29) is 17.0 Å². The predicted molar refractivity (Wildman–Crippen MR) is 113 cm³/mol. The van der Waals surface area contributed by atoms with Gasteiger partial charge in [0.05, 0.1) is 11.1 Å². The molecule has 1 aromatic heterocycles. The van der Waals surface area contributed by atoms with E-state index < -0.39 is 17.3 Å². The van der Waals surface area contributed by atoms with Crippen LogP contribution in [0, 0.1) is 5.41 Å². The number of amides is 1. The largest absolute Gasteiger partial charge is 0.444 e. The lowest BCUT2D eigenvalue weighted by atomic mass is 9.77. The Hall–Kier alpha value is -2.51. The number of aromatic nitrogens is 1. The second kappa shape index (κ2) is 7.57. The Labute approximate surface area is 180 Å². The molecule has 4 rings (SSSR count). The number of fused-ring (bicyclic) bond motifs is 1. The number of alkyl halides is 3. The fourth-order valence-corrected chi connectivity index (χ4v) is 4.71. The number of benzene rings is 1. The second-order valence-corrected chi connectivity index (χ2v) is 9.67. The normalized spacial score (nSPS) is 19.3. The van der Waals surface area contributed by atoms with Crippen molar-refractivity contribution in [3.63, 3.8) is 0 Å². The van der Waals surface area contributed by atoms with Crippen molar-refractivity contribution < 1.29 is 22.7 Å². The summed E-state index contributed by atoms with van der Waals surface area (Å²) >= 11 is 0. The van der Waals surface area contributed by atoms with Gasteiger partial charge >= 0.3 is 12.3 Å². The Kier molecular flexibility index (Phi) is 5.30. The van der Waals surface area contributed by atoms with Crippen LogP contribution in [0.1, 0.15) is 45.6 Å². The van der Waals surface area contributed by atoms with Gasteiger partial charge in [-0.2, -0.15) is 13.2 Å². The number of pyridine rings is 1. The Morgan fingerprint density at radius 3 is 2.39 bits per heavy atom. The number of carbonyl (C=O) groups is 1. The van der Waals surface area contributed by atoms with Gasteiger partial charge in [-0.3, -0.25) is 4.98 Å². The van der Waals surface area contributed by atoms with Gasteiger partial charge in [0.1, 0.15) is 5.60 Å². The number of halogens is 3. The zero-order valence-corrected chi connectivity index (χ0v) is 18.1. The fraction of sp³-hybridized carbons (Fsp3) is 0.565. The molecule has 2 aliphatic heterocycles. The van der Waals surface area contributed by atoms with E-state index in [9.17, 15) is 18.0 Å². The first-order valence-electron chi connectivity index (χ1n) is 10.7. The van der Waals surface area contributed by atoms with Gasteiger partial charge in [0.2, 0.25) is 0 Å². The highest BCUT2D eigenvalue weighted by Crippen LogP contribution is 2.43. The summed E-state index contributed by atoms with van der Waals surface area (Å²) in [6.07, 6.45) is -0.561. The average molecular weight is 435 g/mol. The second-order valence-electron chi connectivity index (χ2n) is 9.67. The number of hydrogen-bond acceptors (Lipinski definition) is 4.